The Morgan fingerprint density at radius 1 is 1.05 bits per heavy atom. The number of carbonyl (C=O) groups is 2. The Hall–Kier alpha value is -2.62. The third-order valence-electron chi connectivity index (χ3n) is 8.99. The lowest BCUT2D eigenvalue weighted by Gasteiger charge is -2.45. The van der Waals surface area contributed by atoms with Crippen LogP contribution in [0.2, 0.25) is 0 Å². The predicted octanol–water partition coefficient (Wildman–Crippen LogP) is 2.55. The molecule has 4 N–H and O–H groups in total. The van der Waals surface area contributed by atoms with E-state index in [1.165, 1.54) is 7.11 Å². The third-order valence-corrected chi connectivity index (χ3v) is 8.99. The first-order chi connectivity index (χ1) is 19.0. The van der Waals surface area contributed by atoms with E-state index in [4.69, 9.17) is 9.47 Å². The molecule has 2 saturated carbocycles. The van der Waals surface area contributed by atoms with Crippen LogP contribution in [0.5, 0.6) is 11.5 Å². The van der Waals surface area contributed by atoms with Gasteiger partial charge >= 0.3 is 0 Å². The van der Waals surface area contributed by atoms with Crippen LogP contribution in [0.1, 0.15) is 81.3 Å². The van der Waals surface area contributed by atoms with Gasteiger partial charge in [0.05, 0.1) is 32.3 Å². The minimum Gasteiger partial charge on any atom is -0.493 e. The number of amides is 2. The lowest BCUT2D eigenvalue weighted by atomic mass is 9.76. The van der Waals surface area contributed by atoms with Crippen LogP contribution in [0.25, 0.3) is 0 Å². The molecule has 1 aromatic carbocycles. The minimum atomic E-state index is -1.06. The zero-order valence-electron chi connectivity index (χ0n) is 22.8. The van der Waals surface area contributed by atoms with Gasteiger partial charge in [0.25, 0.3) is 0 Å². The van der Waals surface area contributed by atoms with Crippen molar-refractivity contribution in [2.24, 2.45) is 5.92 Å². The van der Waals surface area contributed by atoms with Crippen molar-refractivity contribution in [3.05, 3.63) is 34.9 Å². The molecule has 5 rings (SSSR count). The van der Waals surface area contributed by atoms with Crippen LogP contribution < -0.4 is 14.8 Å². The van der Waals surface area contributed by atoms with Gasteiger partial charge in [0, 0.05) is 29.6 Å². The zero-order valence-corrected chi connectivity index (χ0v) is 22.8. The molecule has 214 valence electrons. The zero-order chi connectivity index (χ0) is 27.5. The summed E-state index contributed by atoms with van der Waals surface area (Å²) in [6.45, 7) is -0.335. The van der Waals surface area contributed by atoms with Crippen LogP contribution in [0.4, 0.5) is 0 Å². The van der Waals surface area contributed by atoms with E-state index in [9.17, 15) is 24.9 Å². The number of hydrogen-bond donors (Lipinski definition) is 4. The van der Waals surface area contributed by atoms with E-state index >= 15 is 0 Å². The van der Waals surface area contributed by atoms with Crippen molar-refractivity contribution in [1.82, 2.24) is 10.2 Å². The standard InChI is InChI=1S/C30H42N2O7/c1-38-24-15-18(17-34)14-21-25-22(29(36)31-12-13-33)16-23(26(35)28(25)39-27(21)24)32(20-10-4-2-3-5-11-20)30(37)19-8-6-7-9-19/h14-16,19-20,23,25-26,28,33-35H,2-13,17H2,1H3,(H,31,36). The van der Waals surface area contributed by atoms with Crippen molar-refractivity contribution >= 4 is 11.8 Å². The maximum absolute atomic E-state index is 14.1. The van der Waals surface area contributed by atoms with Crippen LogP contribution in [-0.4, -0.2) is 76.6 Å². The summed E-state index contributed by atoms with van der Waals surface area (Å²) in [7, 11) is 1.51. The van der Waals surface area contributed by atoms with E-state index in [1.54, 1.807) is 18.2 Å². The number of ether oxygens (including phenoxy) is 2. The number of nitrogens with zero attached hydrogens (tertiary/aromatic N) is 1. The fourth-order valence-electron chi connectivity index (χ4n) is 7.08. The first-order valence-corrected chi connectivity index (χ1v) is 14.6. The molecule has 9 heteroatoms. The van der Waals surface area contributed by atoms with Gasteiger partial charge in [-0.25, -0.2) is 0 Å². The molecule has 4 aliphatic rings. The molecule has 4 unspecified atom stereocenters. The molecule has 0 bridgehead atoms. The molecule has 2 fully saturated rings. The van der Waals surface area contributed by atoms with Gasteiger partial charge < -0.3 is 35.0 Å². The number of aliphatic hydroxyl groups is 3. The van der Waals surface area contributed by atoms with Gasteiger partial charge in [0.1, 0.15) is 12.2 Å². The normalized spacial score (nSPS) is 27.1. The average Bonchev–Trinajstić information content (AvgIpc) is 3.55. The van der Waals surface area contributed by atoms with Crippen molar-refractivity contribution in [2.45, 2.75) is 101 Å². The first-order valence-electron chi connectivity index (χ1n) is 14.6. The van der Waals surface area contributed by atoms with Crippen molar-refractivity contribution in [3.63, 3.8) is 0 Å². The molecule has 0 aromatic heterocycles. The monoisotopic (exact) mass is 542 g/mol. The second-order valence-electron chi connectivity index (χ2n) is 11.4. The van der Waals surface area contributed by atoms with Gasteiger partial charge in [0.15, 0.2) is 11.5 Å². The summed E-state index contributed by atoms with van der Waals surface area (Å²) >= 11 is 0. The molecule has 1 aromatic rings. The number of hydrogen-bond acceptors (Lipinski definition) is 7. The molecule has 2 amide bonds. The molecule has 1 heterocycles. The summed E-state index contributed by atoms with van der Waals surface area (Å²) in [6.07, 6.45) is 9.76. The Balaban J connectivity index is 1.59. The Morgan fingerprint density at radius 2 is 1.74 bits per heavy atom. The van der Waals surface area contributed by atoms with Crippen molar-refractivity contribution in [3.8, 4) is 11.5 Å². The minimum absolute atomic E-state index is 0.00545. The second-order valence-corrected chi connectivity index (χ2v) is 11.4. The highest BCUT2D eigenvalue weighted by molar-refractivity contribution is 5.96. The number of benzene rings is 1. The summed E-state index contributed by atoms with van der Waals surface area (Å²) in [5.41, 5.74) is 1.67. The molecule has 9 nitrogen and oxygen atoms in total. The number of rotatable bonds is 8. The van der Waals surface area contributed by atoms with Gasteiger partial charge in [-0.2, -0.15) is 0 Å². The fraction of sp³-hybridized carbons (Fsp3) is 0.667. The SMILES string of the molecule is COc1cc(CO)cc2c1OC1C2C(C(=O)NCCO)=CC(N(C(=O)C2CCCC2)C2CCCCCC2)C1O. The molecule has 0 spiro atoms. The topological polar surface area (TPSA) is 129 Å². The molecule has 1 aliphatic heterocycles. The maximum Gasteiger partial charge on any atom is 0.247 e. The average molecular weight is 543 g/mol. The Labute approximate surface area is 230 Å². The Bertz CT molecular complexity index is 1080. The van der Waals surface area contributed by atoms with Gasteiger partial charge in [-0.1, -0.05) is 38.5 Å². The molecule has 0 radical (unpaired) electrons. The summed E-state index contributed by atoms with van der Waals surface area (Å²) < 4.78 is 11.9. The second kappa shape index (κ2) is 12.3. The third kappa shape index (κ3) is 5.41. The van der Waals surface area contributed by atoms with Crippen molar-refractivity contribution < 1.29 is 34.4 Å². The molecule has 39 heavy (non-hydrogen) atoms. The first kappa shape index (κ1) is 27.9. The van der Waals surface area contributed by atoms with Gasteiger partial charge in [-0.15, -0.1) is 0 Å². The largest absolute Gasteiger partial charge is 0.493 e. The summed E-state index contributed by atoms with van der Waals surface area (Å²) in [5, 5.41) is 33.9. The lowest BCUT2D eigenvalue weighted by molar-refractivity contribution is -0.145. The van der Waals surface area contributed by atoms with E-state index in [0.717, 1.165) is 64.2 Å². The van der Waals surface area contributed by atoms with E-state index < -0.39 is 24.2 Å². The number of aliphatic hydroxyl groups excluding tert-OH is 3. The van der Waals surface area contributed by atoms with Crippen molar-refractivity contribution in [1.29, 1.82) is 0 Å². The predicted molar refractivity (Wildman–Crippen MR) is 144 cm³/mol. The van der Waals surface area contributed by atoms with Crippen LogP contribution in [-0.2, 0) is 16.2 Å². The maximum atomic E-state index is 14.1. The van der Waals surface area contributed by atoms with Crippen molar-refractivity contribution in [2.75, 3.05) is 20.3 Å². The number of nitrogens with one attached hydrogen (secondary N) is 1. The lowest BCUT2D eigenvalue weighted by Crippen LogP contribution is -2.59. The summed E-state index contributed by atoms with van der Waals surface area (Å²) in [5.74, 6) is -0.102. The van der Waals surface area contributed by atoms with Gasteiger partial charge in [0.2, 0.25) is 11.8 Å². The highest BCUT2D eigenvalue weighted by Crippen LogP contribution is 2.52. The molecule has 0 saturated heterocycles. The van der Waals surface area contributed by atoms with Crippen LogP contribution in [0.3, 0.4) is 0 Å². The molecular weight excluding hydrogens is 500 g/mol. The molecule has 4 atom stereocenters. The van der Waals surface area contributed by atoms with Crippen LogP contribution in [0.15, 0.2) is 23.8 Å². The summed E-state index contributed by atoms with van der Waals surface area (Å²) in [4.78, 5) is 29.6. The summed E-state index contributed by atoms with van der Waals surface area (Å²) in [6, 6.07) is 2.76. The molecule has 3 aliphatic carbocycles. The van der Waals surface area contributed by atoms with Gasteiger partial charge in [-0.3, -0.25) is 9.59 Å². The van der Waals surface area contributed by atoms with E-state index in [0.29, 0.717) is 28.2 Å². The smallest absolute Gasteiger partial charge is 0.247 e. The number of carbonyl (C=O) groups excluding carboxylic acids is 2. The number of methoxy groups -OCH3 is 1. The van der Waals surface area contributed by atoms with Crippen LogP contribution >= 0.6 is 0 Å². The highest BCUT2D eigenvalue weighted by Gasteiger charge is 2.52. The molecular formula is C30H42N2O7. The fourth-order valence-corrected chi connectivity index (χ4v) is 7.08. The van der Waals surface area contributed by atoms with E-state index in [1.807, 2.05) is 4.90 Å². The van der Waals surface area contributed by atoms with Gasteiger partial charge in [-0.05, 0) is 49.5 Å². The van der Waals surface area contributed by atoms with E-state index in [2.05, 4.69) is 5.32 Å². The quantitative estimate of drug-likeness (QED) is 0.372. The van der Waals surface area contributed by atoms with E-state index in [-0.39, 0.29) is 43.5 Å². The number of fused-ring (bicyclic) bond motifs is 3. The Kier molecular flexibility index (Phi) is 8.79. The van der Waals surface area contributed by atoms with Crippen LogP contribution in [0, 0.1) is 5.92 Å². The highest BCUT2D eigenvalue weighted by atomic mass is 16.5. The Morgan fingerprint density at radius 3 is 2.38 bits per heavy atom.